The molecule has 0 aromatic heterocycles. The van der Waals surface area contributed by atoms with Crippen LogP contribution >= 0.6 is 0 Å². The molecule has 0 aromatic rings. The number of alkyl halides is 2. The third kappa shape index (κ3) is 3.19. The van der Waals surface area contributed by atoms with Gasteiger partial charge in [0.25, 0.3) is 5.92 Å². The number of allylic oxidation sites excluding steroid dienone is 5. The van der Waals surface area contributed by atoms with Crippen LogP contribution in [-0.4, -0.2) is 17.0 Å². The Morgan fingerprint density at radius 3 is 2.77 bits per heavy atom. The zero-order valence-electron chi connectivity index (χ0n) is 6.71. The van der Waals surface area contributed by atoms with Gasteiger partial charge in [0.05, 0.1) is 0 Å². The first-order valence-electron chi connectivity index (χ1n) is 3.68. The van der Waals surface area contributed by atoms with Gasteiger partial charge in [0.2, 0.25) is 0 Å². The Morgan fingerprint density at radius 1 is 1.62 bits per heavy atom. The quantitative estimate of drug-likeness (QED) is 0.671. The van der Waals surface area contributed by atoms with Crippen LogP contribution < -0.4 is 0 Å². The van der Waals surface area contributed by atoms with E-state index in [2.05, 4.69) is 0 Å². The summed E-state index contributed by atoms with van der Waals surface area (Å²) in [7, 11) is 0. The van der Waals surface area contributed by atoms with Gasteiger partial charge in [-0.15, -0.1) is 0 Å². The van der Waals surface area contributed by atoms with Crippen molar-refractivity contribution in [1.29, 1.82) is 0 Å². The second kappa shape index (κ2) is 3.51. The van der Waals surface area contributed by atoms with Gasteiger partial charge in [0.15, 0.2) is 0 Å². The molecule has 0 amide bonds. The molecule has 1 aliphatic rings. The van der Waals surface area contributed by atoms with Crippen LogP contribution in [0.15, 0.2) is 36.0 Å². The number of rotatable bonds is 2. The maximum Gasteiger partial charge on any atom is 0.328 e. The predicted octanol–water partition coefficient (Wildman–Crippen LogP) is 2.15. The number of carboxylic acid groups (broad SMARTS) is 1. The number of carboxylic acids is 1. The Morgan fingerprint density at radius 2 is 2.31 bits per heavy atom. The summed E-state index contributed by atoms with van der Waals surface area (Å²) in [5.41, 5.74) is 0.494. The van der Waals surface area contributed by atoms with Crippen molar-refractivity contribution in [3.05, 3.63) is 36.0 Å². The number of hydrogen-bond donors (Lipinski definition) is 1. The molecule has 0 saturated carbocycles. The minimum atomic E-state index is -2.79. The summed E-state index contributed by atoms with van der Waals surface area (Å²) in [5, 5.41) is 8.26. The molecule has 0 aromatic carbocycles. The highest BCUT2D eigenvalue weighted by Crippen LogP contribution is 2.26. The van der Waals surface area contributed by atoms with Crippen LogP contribution in [0.5, 0.6) is 0 Å². The lowest BCUT2D eigenvalue weighted by Gasteiger charge is -2.13. The molecule has 70 valence electrons. The molecule has 0 aliphatic heterocycles. The lowest BCUT2D eigenvalue weighted by molar-refractivity contribution is -0.131. The molecule has 0 unspecified atom stereocenters. The fourth-order valence-corrected chi connectivity index (χ4v) is 0.899. The summed E-state index contributed by atoms with van der Waals surface area (Å²) >= 11 is 0. The zero-order valence-corrected chi connectivity index (χ0v) is 6.71. The van der Waals surface area contributed by atoms with E-state index in [0.717, 1.165) is 12.2 Å². The Balaban J connectivity index is 2.63. The van der Waals surface area contributed by atoms with Crippen LogP contribution in [0.1, 0.15) is 6.42 Å². The molecule has 13 heavy (non-hydrogen) atoms. The number of hydrogen-bond acceptors (Lipinski definition) is 1. The molecule has 0 atom stereocenters. The van der Waals surface area contributed by atoms with Crippen molar-refractivity contribution in [2.24, 2.45) is 0 Å². The van der Waals surface area contributed by atoms with Crippen molar-refractivity contribution in [3.8, 4) is 0 Å². The van der Waals surface area contributed by atoms with Gasteiger partial charge in [-0.1, -0.05) is 12.2 Å². The lowest BCUT2D eigenvalue weighted by Crippen LogP contribution is -2.12. The smallest absolute Gasteiger partial charge is 0.328 e. The van der Waals surface area contributed by atoms with Gasteiger partial charge in [-0.25, -0.2) is 13.6 Å². The van der Waals surface area contributed by atoms with Crippen LogP contribution in [0.3, 0.4) is 0 Å². The third-order valence-electron chi connectivity index (χ3n) is 1.55. The number of aliphatic carboxylic acids is 1. The second-order valence-corrected chi connectivity index (χ2v) is 2.67. The molecular weight excluding hydrogens is 178 g/mol. The fraction of sp³-hybridized carbons (Fsp3) is 0.222. The fourth-order valence-electron chi connectivity index (χ4n) is 0.899. The molecule has 4 heteroatoms. The van der Waals surface area contributed by atoms with Gasteiger partial charge in [-0.3, -0.25) is 0 Å². The van der Waals surface area contributed by atoms with E-state index in [-0.39, 0.29) is 6.42 Å². The standard InChI is InChI=1S/C9H8F2O2/c10-9(11)5-3-7(4-6-9)1-2-8(12)13/h1-5H,6H2,(H,12,13)/b2-1+. The average molecular weight is 186 g/mol. The minimum Gasteiger partial charge on any atom is -0.478 e. The van der Waals surface area contributed by atoms with Gasteiger partial charge in [0, 0.05) is 12.5 Å². The molecule has 1 rings (SSSR count). The molecule has 0 radical (unpaired) electrons. The normalized spacial score (nSPS) is 20.3. The molecular formula is C9H8F2O2. The van der Waals surface area contributed by atoms with Crippen molar-refractivity contribution < 1.29 is 18.7 Å². The molecule has 0 spiro atoms. The summed E-state index contributed by atoms with van der Waals surface area (Å²) in [4.78, 5) is 10.1. The summed E-state index contributed by atoms with van der Waals surface area (Å²) in [6.07, 6.45) is 5.12. The van der Waals surface area contributed by atoms with E-state index in [9.17, 15) is 13.6 Å². The maximum absolute atomic E-state index is 12.5. The van der Waals surface area contributed by atoms with E-state index < -0.39 is 11.9 Å². The minimum absolute atomic E-state index is 0.372. The van der Waals surface area contributed by atoms with Crippen molar-refractivity contribution in [2.75, 3.05) is 0 Å². The Labute approximate surface area is 73.9 Å². The summed E-state index contributed by atoms with van der Waals surface area (Å²) in [5.74, 6) is -3.88. The average Bonchev–Trinajstić information content (AvgIpc) is 2.02. The number of halogens is 2. The van der Waals surface area contributed by atoms with E-state index in [1.807, 2.05) is 0 Å². The highest BCUT2D eigenvalue weighted by Gasteiger charge is 2.25. The van der Waals surface area contributed by atoms with Crippen molar-refractivity contribution in [3.63, 3.8) is 0 Å². The first-order chi connectivity index (χ1) is 5.99. The second-order valence-electron chi connectivity index (χ2n) is 2.67. The first kappa shape index (κ1) is 9.64. The zero-order chi connectivity index (χ0) is 9.90. The van der Waals surface area contributed by atoms with Gasteiger partial charge in [-0.2, -0.15) is 0 Å². The molecule has 2 nitrogen and oxygen atoms in total. The molecule has 0 bridgehead atoms. The molecule has 1 N–H and O–H groups in total. The van der Waals surface area contributed by atoms with Crippen LogP contribution in [0, 0.1) is 0 Å². The SMILES string of the molecule is O=C(O)/C=C/C1=CCC(F)(F)C=C1. The van der Waals surface area contributed by atoms with E-state index >= 15 is 0 Å². The molecule has 0 saturated heterocycles. The van der Waals surface area contributed by atoms with Crippen molar-refractivity contribution >= 4 is 5.97 Å². The Kier molecular flexibility index (Phi) is 2.60. The number of carbonyl (C=O) groups is 1. The monoisotopic (exact) mass is 186 g/mol. The van der Waals surface area contributed by atoms with E-state index in [1.165, 1.54) is 18.2 Å². The van der Waals surface area contributed by atoms with Crippen LogP contribution in [0.2, 0.25) is 0 Å². The summed E-state index contributed by atoms with van der Waals surface area (Å²) in [6, 6.07) is 0. The highest BCUT2D eigenvalue weighted by atomic mass is 19.3. The van der Waals surface area contributed by atoms with Gasteiger partial charge >= 0.3 is 5.97 Å². The Hall–Kier alpha value is -1.45. The largest absolute Gasteiger partial charge is 0.478 e. The first-order valence-corrected chi connectivity index (χ1v) is 3.68. The van der Waals surface area contributed by atoms with E-state index in [0.29, 0.717) is 5.57 Å². The van der Waals surface area contributed by atoms with Crippen molar-refractivity contribution in [2.45, 2.75) is 12.3 Å². The Bertz CT molecular complexity index is 301. The van der Waals surface area contributed by atoms with Crippen LogP contribution in [0.4, 0.5) is 8.78 Å². The van der Waals surface area contributed by atoms with Crippen LogP contribution in [-0.2, 0) is 4.79 Å². The summed E-state index contributed by atoms with van der Waals surface area (Å²) < 4.78 is 25.0. The van der Waals surface area contributed by atoms with Crippen LogP contribution in [0.25, 0.3) is 0 Å². The van der Waals surface area contributed by atoms with E-state index in [1.54, 1.807) is 0 Å². The topological polar surface area (TPSA) is 37.3 Å². The highest BCUT2D eigenvalue weighted by molar-refractivity contribution is 5.80. The van der Waals surface area contributed by atoms with Gasteiger partial charge < -0.3 is 5.11 Å². The molecule has 1 aliphatic carbocycles. The molecule has 0 fully saturated rings. The van der Waals surface area contributed by atoms with Gasteiger partial charge in [0.1, 0.15) is 0 Å². The van der Waals surface area contributed by atoms with E-state index in [4.69, 9.17) is 5.11 Å². The third-order valence-corrected chi connectivity index (χ3v) is 1.55. The van der Waals surface area contributed by atoms with Gasteiger partial charge in [-0.05, 0) is 17.7 Å². The summed E-state index contributed by atoms with van der Waals surface area (Å²) in [6.45, 7) is 0. The van der Waals surface area contributed by atoms with Crippen molar-refractivity contribution in [1.82, 2.24) is 0 Å². The molecule has 0 heterocycles. The predicted molar refractivity (Wildman–Crippen MR) is 43.6 cm³/mol. The maximum atomic E-state index is 12.5. The lowest BCUT2D eigenvalue weighted by atomic mass is 10.0.